The molecular weight excluding hydrogens is 368 g/mol. The van der Waals surface area contributed by atoms with Crippen LogP contribution in [0.1, 0.15) is 39.0 Å². The molecule has 3 rings (SSSR count). The van der Waals surface area contributed by atoms with Crippen LogP contribution in [0.3, 0.4) is 0 Å². The SMILES string of the molecule is CCOC(=O)c1ccc(Nc2nc(C)cc(C(=O)Nc3cccc(C)c3)n2)cc1. The Morgan fingerprint density at radius 2 is 1.72 bits per heavy atom. The van der Waals surface area contributed by atoms with Gasteiger partial charge >= 0.3 is 5.97 Å². The van der Waals surface area contributed by atoms with Crippen molar-refractivity contribution in [2.24, 2.45) is 0 Å². The molecule has 29 heavy (non-hydrogen) atoms. The number of ether oxygens (including phenoxy) is 1. The van der Waals surface area contributed by atoms with Crippen molar-refractivity contribution in [2.45, 2.75) is 20.8 Å². The lowest BCUT2D eigenvalue weighted by Gasteiger charge is -2.10. The zero-order valence-corrected chi connectivity index (χ0v) is 16.5. The highest BCUT2D eigenvalue weighted by molar-refractivity contribution is 6.03. The van der Waals surface area contributed by atoms with Crippen LogP contribution >= 0.6 is 0 Å². The maximum absolute atomic E-state index is 12.6. The Labute approximate surface area is 169 Å². The predicted octanol–water partition coefficient (Wildman–Crippen LogP) is 4.27. The van der Waals surface area contributed by atoms with Crippen molar-refractivity contribution in [3.63, 3.8) is 0 Å². The quantitative estimate of drug-likeness (QED) is 0.611. The van der Waals surface area contributed by atoms with E-state index < -0.39 is 0 Å². The molecule has 0 saturated carbocycles. The van der Waals surface area contributed by atoms with E-state index in [4.69, 9.17) is 4.74 Å². The Kier molecular flexibility index (Phi) is 6.19. The van der Waals surface area contributed by atoms with Crippen molar-refractivity contribution < 1.29 is 14.3 Å². The van der Waals surface area contributed by atoms with Crippen molar-refractivity contribution in [1.29, 1.82) is 0 Å². The fraction of sp³-hybridized carbons (Fsp3) is 0.182. The molecule has 0 fully saturated rings. The van der Waals surface area contributed by atoms with Gasteiger partial charge in [-0.05, 0) is 68.8 Å². The second-order valence-electron chi connectivity index (χ2n) is 6.46. The standard InChI is InChI=1S/C22H22N4O3/c1-4-29-21(28)16-8-10-17(11-9-16)25-22-23-15(3)13-19(26-22)20(27)24-18-7-5-6-14(2)12-18/h5-13H,4H2,1-3H3,(H,24,27)(H,23,25,26). The van der Waals surface area contributed by atoms with Crippen molar-refractivity contribution in [3.8, 4) is 0 Å². The van der Waals surface area contributed by atoms with Gasteiger partial charge in [-0.1, -0.05) is 12.1 Å². The second-order valence-corrected chi connectivity index (χ2v) is 6.46. The largest absolute Gasteiger partial charge is 0.462 e. The molecule has 0 aliphatic carbocycles. The van der Waals surface area contributed by atoms with Crippen LogP contribution in [-0.2, 0) is 4.74 Å². The molecule has 7 nitrogen and oxygen atoms in total. The number of esters is 1. The molecule has 0 radical (unpaired) electrons. The average Bonchev–Trinajstić information content (AvgIpc) is 2.68. The lowest BCUT2D eigenvalue weighted by atomic mass is 10.2. The van der Waals surface area contributed by atoms with E-state index in [9.17, 15) is 9.59 Å². The number of nitrogens with one attached hydrogen (secondary N) is 2. The molecule has 0 unspecified atom stereocenters. The molecule has 7 heteroatoms. The minimum Gasteiger partial charge on any atom is -0.462 e. The number of anilines is 3. The molecule has 0 spiro atoms. The van der Waals surface area contributed by atoms with E-state index in [1.54, 1.807) is 44.2 Å². The minimum absolute atomic E-state index is 0.254. The molecule has 0 bridgehead atoms. The highest BCUT2D eigenvalue weighted by Crippen LogP contribution is 2.17. The van der Waals surface area contributed by atoms with Crippen LogP contribution in [0.5, 0.6) is 0 Å². The van der Waals surface area contributed by atoms with Crippen LogP contribution in [0.15, 0.2) is 54.6 Å². The summed E-state index contributed by atoms with van der Waals surface area (Å²) in [6.07, 6.45) is 0. The van der Waals surface area contributed by atoms with Gasteiger partial charge in [-0.25, -0.2) is 14.8 Å². The van der Waals surface area contributed by atoms with E-state index in [-0.39, 0.29) is 17.6 Å². The van der Waals surface area contributed by atoms with Gasteiger partial charge in [-0.3, -0.25) is 4.79 Å². The lowest BCUT2D eigenvalue weighted by Crippen LogP contribution is -2.15. The third kappa shape index (κ3) is 5.38. The lowest BCUT2D eigenvalue weighted by molar-refractivity contribution is 0.0526. The second kappa shape index (κ2) is 8.97. The Morgan fingerprint density at radius 3 is 2.41 bits per heavy atom. The molecule has 2 aromatic carbocycles. The molecule has 0 saturated heterocycles. The van der Waals surface area contributed by atoms with Gasteiger partial charge in [-0.15, -0.1) is 0 Å². The molecule has 0 aliphatic heterocycles. The number of rotatable bonds is 6. The molecule has 2 N–H and O–H groups in total. The van der Waals surface area contributed by atoms with Crippen molar-refractivity contribution in [1.82, 2.24) is 9.97 Å². The fourth-order valence-electron chi connectivity index (χ4n) is 2.69. The number of amides is 1. The van der Waals surface area contributed by atoms with Crippen molar-refractivity contribution in [2.75, 3.05) is 17.2 Å². The number of carbonyl (C=O) groups is 2. The van der Waals surface area contributed by atoms with Gasteiger partial charge in [0.2, 0.25) is 5.95 Å². The number of nitrogens with zero attached hydrogens (tertiary/aromatic N) is 2. The van der Waals surface area contributed by atoms with Crippen LogP contribution in [0.2, 0.25) is 0 Å². The molecule has 1 amide bonds. The summed E-state index contributed by atoms with van der Waals surface area (Å²) in [5.41, 5.74) is 3.81. The number of carbonyl (C=O) groups excluding carboxylic acids is 2. The van der Waals surface area contributed by atoms with Crippen molar-refractivity contribution >= 4 is 29.2 Å². The first-order valence-corrected chi connectivity index (χ1v) is 9.22. The average molecular weight is 390 g/mol. The topological polar surface area (TPSA) is 93.2 Å². The summed E-state index contributed by atoms with van der Waals surface area (Å²) in [6.45, 7) is 5.83. The van der Waals surface area contributed by atoms with Gasteiger partial charge in [0.05, 0.1) is 12.2 Å². The summed E-state index contributed by atoms with van der Waals surface area (Å²) >= 11 is 0. The Balaban J connectivity index is 1.75. The van der Waals surface area contributed by atoms with Gasteiger partial charge in [0.25, 0.3) is 5.91 Å². The summed E-state index contributed by atoms with van der Waals surface area (Å²) in [7, 11) is 0. The predicted molar refractivity (Wildman–Crippen MR) is 112 cm³/mol. The maximum atomic E-state index is 12.6. The molecule has 1 aromatic heterocycles. The van der Waals surface area contributed by atoms with Crippen LogP contribution in [0.25, 0.3) is 0 Å². The molecule has 148 valence electrons. The van der Waals surface area contributed by atoms with Gasteiger partial charge in [0, 0.05) is 17.1 Å². The Morgan fingerprint density at radius 1 is 0.966 bits per heavy atom. The Bertz CT molecular complexity index is 1030. The normalized spacial score (nSPS) is 10.3. The smallest absolute Gasteiger partial charge is 0.338 e. The first-order chi connectivity index (χ1) is 13.9. The first kappa shape index (κ1) is 20.0. The molecule has 0 atom stereocenters. The van der Waals surface area contributed by atoms with E-state index in [1.165, 1.54) is 0 Å². The van der Waals surface area contributed by atoms with E-state index in [0.717, 1.165) is 5.56 Å². The van der Waals surface area contributed by atoms with Gasteiger partial charge in [0.15, 0.2) is 0 Å². The van der Waals surface area contributed by atoms with E-state index in [0.29, 0.717) is 35.2 Å². The highest BCUT2D eigenvalue weighted by atomic mass is 16.5. The summed E-state index contributed by atoms with van der Waals surface area (Å²) in [6, 6.07) is 15.9. The number of aromatic nitrogens is 2. The Hall–Kier alpha value is -3.74. The van der Waals surface area contributed by atoms with Crippen molar-refractivity contribution in [3.05, 3.63) is 77.1 Å². The highest BCUT2D eigenvalue weighted by Gasteiger charge is 2.12. The third-order valence-corrected chi connectivity index (χ3v) is 4.01. The summed E-state index contributed by atoms with van der Waals surface area (Å²) < 4.78 is 4.97. The van der Waals surface area contributed by atoms with Crippen LogP contribution in [0.4, 0.5) is 17.3 Å². The maximum Gasteiger partial charge on any atom is 0.338 e. The van der Waals surface area contributed by atoms with Gasteiger partial charge in [0.1, 0.15) is 5.69 Å². The first-order valence-electron chi connectivity index (χ1n) is 9.22. The number of aryl methyl sites for hydroxylation is 2. The van der Waals surface area contributed by atoms with Crippen LogP contribution in [-0.4, -0.2) is 28.5 Å². The molecule has 0 aliphatic rings. The summed E-state index contributed by atoms with van der Waals surface area (Å²) in [4.78, 5) is 33.0. The molecule has 3 aromatic rings. The summed E-state index contributed by atoms with van der Waals surface area (Å²) in [5.74, 6) is -0.397. The van der Waals surface area contributed by atoms with Crippen LogP contribution < -0.4 is 10.6 Å². The molecule has 1 heterocycles. The molecular formula is C22H22N4O3. The number of hydrogen-bond acceptors (Lipinski definition) is 6. The zero-order valence-electron chi connectivity index (χ0n) is 16.5. The third-order valence-electron chi connectivity index (χ3n) is 4.01. The van der Waals surface area contributed by atoms with Crippen LogP contribution in [0, 0.1) is 13.8 Å². The van der Waals surface area contributed by atoms with E-state index in [2.05, 4.69) is 20.6 Å². The van der Waals surface area contributed by atoms with Gasteiger partial charge in [-0.2, -0.15) is 0 Å². The summed E-state index contributed by atoms with van der Waals surface area (Å²) in [5, 5.41) is 5.90. The number of benzene rings is 2. The van der Waals surface area contributed by atoms with E-state index in [1.807, 2.05) is 31.2 Å². The minimum atomic E-state index is -0.374. The fourth-order valence-corrected chi connectivity index (χ4v) is 2.69. The monoisotopic (exact) mass is 390 g/mol. The number of hydrogen-bond donors (Lipinski definition) is 2. The van der Waals surface area contributed by atoms with Gasteiger partial charge < -0.3 is 15.4 Å². The zero-order chi connectivity index (χ0) is 20.8. The van der Waals surface area contributed by atoms with E-state index >= 15 is 0 Å².